The molecule has 3 aliphatic rings. The Morgan fingerprint density at radius 3 is 2.85 bits per heavy atom. The number of anilines is 2. The van der Waals surface area contributed by atoms with Gasteiger partial charge in [-0.2, -0.15) is 0 Å². The van der Waals surface area contributed by atoms with Crippen LogP contribution in [0.1, 0.15) is 25.7 Å². The third-order valence-corrected chi connectivity index (χ3v) is 7.74. The van der Waals surface area contributed by atoms with Crippen LogP contribution in [0.3, 0.4) is 0 Å². The molecule has 12 heteroatoms. The topological polar surface area (TPSA) is 109 Å². The zero-order valence-electron chi connectivity index (χ0n) is 22.8. The van der Waals surface area contributed by atoms with Gasteiger partial charge in [-0.05, 0) is 50.0 Å². The van der Waals surface area contributed by atoms with E-state index in [1.165, 1.54) is 23.4 Å². The smallest absolute Gasteiger partial charge is 0.247 e. The SMILES string of the molecule is C=CC(=O)N1CCCC1C(=O)Nc1cc2c(NC3C=C(Cl)C(F)=CC3)ncnc2cc1OCCCN1CCOCC1. The maximum atomic E-state index is 13.7. The van der Waals surface area contributed by atoms with Crippen LogP contribution >= 0.6 is 11.6 Å². The molecule has 0 saturated carbocycles. The van der Waals surface area contributed by atoms with Crippen LogP contribution < -0.4 is 15.4 Å². The number of fused-ring (bicyclic) bond motifs is 1. The fraction of sp³-hybridized carbons (Fsp3) is 0.448. The molecule has 0 bridgehead atoms. The van der Waals surface area contributed by atoms with Gasteiger partial charge in [0.2, 0.25) is 11.8 Å². The summed E-state index contributed by atoms with van der Waals surface area (Å²) >= 11 is 6.00. The second-order valence-electron chi connectivity index (χ2n) is 10.2. The van der Waals surface area contributed by atoms with Crippen LogP contribution in [0.25, 0.3) is 10.9 Å². The Bertz CT molecular complexity index is 1360. The monoisotopic (exact) mass is 584 g/mol. The van der Waals surface area contributed by atoms with Gasteiger partial charge in [0, 0.05) is 37.6 Å². The molecule has 2 amide bonds. The van der Waals surface area contributed by atoms with Gasteiger partial charge in [0.1, 0.15) is 29.8 Å². The lowest BCUT2D eigenvalue weighted by Crippen LogP contribution is -2.42. The Labute approximate surface area is 243 Å². The van der Waals surface area contributed by atoms with Gasteiger partial charge >= 0.3 is 0 Å². The first-order chi connectivity index (χ1) is 19.9. The van der Waals surface area contributed by atoms with E-state index in [0.717, 1.165) is 45.7 Å². The van der Waals surface area contributed by atoms with Crippen molar-refractivity contribution in [2.75, 3.05) is 56.6 Å². The summed E-state index contributed by atoms with van der Waals surface area (Å²) in [6.45, 7) is 8.64. The molecule has 1 aliphatic carbocycles. The van der Waals surface area contributed by atoms with E-state index in [1.807, 2.05) is 0 Å². The van der Waals surface area contributed by atoms with Gasteiger partial charge in [0.15, 0.2) is 0 Å². The summed E-state index contributed by atoms with van der Waals surface area (Å²) in [5, 5.41) is 6.98. The number of benzene rings is 1. The van der Waals surface area contributed by atoms with E-state index in [0.29, 0.717) is 54.2 Å². The molecule has 41 heavy (non-hydrogen) atoms. The first kappa shape index (κ1) is 29.0. The van der Waals surface area contributed by atoms with Gasteiger partial charge in [-0.1, -0.05) is 18.2 Å². The van der Waals surface area contributed by atoms with Crippen molar-refractivity contribution in [1.29, 1.82) is 0 Å². The maximum absolute atomic E-state index is 13.7. The summed E-state index contributed by atoms with van der Waals surface area (Å²) in [6, 6.07) is 2.67. The molecule has 2 saturated heterocycles. The van der Waals surface area contributed by atoms with Crippen LogP contribution in [0.2, 0.25) is 0 Å². The molecule has 0 spiro atoms. The van der Waals surface area contributed by atoms with Crippen LogP contribution in [0.5, 0.6) is 5.75 Å². The van der Waals surface area contributed by atoms with Crippen molar-refractivity contribution in [3.05, 3.63) is 54.1 Å². The van der Waals surface area contributed by atoms with Gasteiger partial charge in [0.25, 0.3) is 0 Å². The first-order valence-corrected chi connectivity index (χ1v) is 14.3. The number of ether oxygens (including phenoxy) is 2. The van der Waals surface area contributed by atoms with Crippen LogP contribution in [-0.2, 0) is 14.3 Å². The molecule has 1 aromatic carbocycles. The summed E-state index contributed by atoms with van der Waals surface area (Å²) in [5.74, 6) is -0.0409. The number of hydrogen-bond acceptors (Lipinski definition) is 8. The van der Waals surface area contributed by atoms with Crippen molar-refractivity contribution in [3.8, 4) is 5.75 Å². The minimum absolute atomic E-state index is 0.0445. The zero-order chi connectivity index (χ0) is 28.8. The highest BCUT2D eigenvalue weighted by molar-refractivity contribution is 6.31. The van der Waals surface area contributed by atoms with Crippen molar-refractivity contribution in [1.82, 2.24) is 19.8 Å². The van der Waals surface area contributed by atoms with Crippen LogP contribution in [0.15, 0.2) is 54.1 Å². The van der Waals surface area contributed by atoms with Crippen molar-refractivity contribution < 1.29 is 23.5 Å². The fourth-order valence-corrected chi connectivity index (χ4v) is 5.51. The van der Waals surface area contributed by atoms with Gasteiger partial charge < -0.3 is 25.0 Å². The van der Waals surface area contributed by atoms with Crippen molar-refractivity contribution in [3.63, 3.8) is 0 Å². The van der Waals surface area contributed by atoms with Crippen molar-refractivity contribution >= 4 is 45.8 Å². The molecule has 2 N–H and O–H groups in total. The quantitative estimate of drug-likeness (QED) is 0.319. The van der Waals surface area contributed by atoms with Gasteiger partial charge in [-0.15, -0.1) is 0 Å². The van der Waals surface area contributed by atoms with E-state index >= 15 is 0 Å². The summed E-state index contributed by atoms with van der Waals surface area (Å²) in [4.78, 5) is 38.4. The Hall–Kier alpha value is -3.54. The largest absolute Gasteiger partial charge is 0.491 e. The second-order valence-corrected chi connectivity index (χ2v) is 10.6. The molecule has 2 aliphatic heterocycles. The number of carbonyl (C=O) groups is 2. The molecule has 1 aromatic heterocycles. The van der Waals surface area contributed by atoms with Gasteiger partial charge in [0.05, 0.1) is 42.1 Å². The average Bonchev–Trinajstić information content (AvgIpc) is 3.48. The highest BCUT2D eigenvalue weighted by Crippen LogP contribution is 2.34. The number of hydrogen-bond donors (Lipinski definition) is 2. The standard InChI is InChI=1S/C29H34ClFN6O4/c1-2-27(38)37-9-3-5-25(37)29(39)35-24-16-20-23(17-26(24)41-12-4-8-36-10-13-40-14-11-36)32-18-33-28(20)34-19-6-7-22(31)21(30)15-19/h2,7,15-19,25H,1,3-6,8-14H2,(H,35,39)(H,32,33,34). The number of carbonyl (C=O) groups excluding carboxylic acids is 2. The Balaban J connectivity index is 1.38. The molecule has 5 rings (SSSR count). The van der Waals surface area contributed by atoms with E-state index in [-0.39, 0.29) is 22.9 Å². The molecular formula is C29H34ClFN6O4. The number of likely N-dealkylation sites (tertiary alicyclic amines) is 1. The molecular weight excluding hydrogens is 551 g/mol. The zero-order valence-corrected chi connectivity index (χ0v) is 23.5. The number of allylic oxidation sites excluding steroid dienone is 2. The summed E-state index contributed by atoms with van der Waals surface area (Å²) < 4.78 is 25.3. The molecule has 2 unspecified atom stereocenters. The number of nitrogens with one attached hydrogen (secondary N) is 2. The fourth-order valence-electron chi connectivity index (χ4n) is 5.28. The van der Waals surface area contributed by atoms with Crippen LogP contribution in [0, 0.1) is 0 Å². The lowest BCUT2D eigenvalue weighted by molar-refractivity contribution is -0.132. The summed E-state index contributed by atoms with van der Waals surface area (Å²) in [5.41, 5.74) is 1.06. The number of halogens is 2. The van der Waals surface area contributed by atoms with Crippen LogP contribution in [0.4, 0.5) is 15.9 Å². The highest BCUT2D eigenvalue weighted by Gasteiger charge is 2.33. The lowest BCUT2D eigenvalue weighted by atomic mass is 10.1. The second kappa shape index (κ2) is 13.4. The third kappa shape index (κ3) is 7.03. The predicted molar refractivity (Wildman–Crippen MR) is 156 cm³/mol. The van der Waals surface area contributed by atoms with Crippen LogP contribution in [-0.4, -0.2) is 89.7 Å². The molecule has 2 fully saturated rings. The Morgan fingerprint density at radius 2 is 2.07 bits per heavy atom. The van der Waals surface area contributed by atoms with Gasteiger partial charge in [-0.25, -0.2) is 14.4 Å². The molecule has 2 aromatic rings. The summed E-state index contributed by atoms with van der Waals surface area (Å²) in [6.07, 6.45) is 8.18. The molecule has 2 atom stereocenters. The number of morpholine rings is 1. The van der Waals surface area contributed by atoms with E-state index < -0.39 is 11.9 Å². The van der Waals surface area contributed by atoms with Gasteiger partial charge in [-0.3, -0.25) is 14.5 Å². The number of aromatic nitrogens is 2. The van der Waals surface area contributed by atoms with Crippen molar-refractivity contribution in [2.45, 2.75) is 37.8 Å². The third-order valence-electron chi connectivity index (χ3n) is 7.44. The van der Waals surface area contributed by atoms with E-state index in [4.69, 9.17) is 21.1 Å². The predicted octanol–water partition coefficient (Wildman–Crippen LogP) is 4.01. The lowest BCUT2D eigenvalue weighted by Gasteiger charge is -2.26. The first-order valence-electron chi connectivity index (χ1n) is 13.9. The number of rotatable bonds is 10. The minimum Gasteiger partial charge on any atom is -0.491 e. The molecule has 10 nitrogen and oxygen atoms in total. The maximum Gasteiger partial charge on any atom is 0.247 e. The Morgan fingerprint density at radius 1 is 1.24 bits per heavy atom. The van der Waals surface area contributed by atoms with E-state index in [9.17, 15) is 14.0 Å². The molecule has 3 heterocycles. The minimum atomic E-state index is -0.605. The van der Waals surface area contributed by atoms with E-state index in [2.05, 4.69) is 32.1 Å². The number of amides is 2. The molecule has 218 valence electrons. The van der Waals surface area contributed by atoms with Crippen molar-refractivity contribution in [2.24, 2.45) is 0 Å². The normalized spacial score (nSPS) is 21.3. The highest BCUT2D eigenvalue weighted by atomic mass is 35.5. The van der Waals surface area contributed by atoms with E-state index in [1.54, 1.807) is 18.2 Å². The average molecular weight is 585 g/mol. The number of nitrogens with zero attached hydrogens (tertiary/aromatic N) is 4. The Kier molecular flexibility index (Phi) is 9.48. The molecule has 0 radical (unpaired) electrons. The summed E-state index contributed by atoms with van der Waals surface area (Å²) in [7, 11) is 0.